The van der Waals surface area contributed by atoms with Gasteiger partial charge in [0, 0.05) is 21.4 Å². The molecule has 1 aromatic carbocycles. The van der Waals surface area contributed by atoms with Crippen molar-refractivity contribution in [2.75, 3.05) is 5.32 Å². The van der Waals surface area contributed by atoms with Gasteiger partial charge in [0.2, 0.25) is 0 Å². The molecule has 0 bridgehead atoms. The van der Waals surface area contributed by atoms with Crippen molar-refractivity contribution in [2.45, 2.75) is 6.92 Å². The number of carbonyl (C=O) groups is 2. The van der Waals surface area contributed by atoms with E-state index in [1.54, 1.807) is 17.5 Å². The van der Waals surface area contributed by atoms with Crippen LogP contribution < -0.4 is 5.32 Å². The third-order valence-electron chi connectivity index (χ3n) is 3.33. The Labute approximate surface area is 141 Å². The standard InChI is InChI=1S/C17H13NO3S2/c1-10-4-6-11(7-5-10)15(19)18-16-14(17(20)21)12(9-23-16)13-3-2-8-22-13/h2-9H,1H3,(H,18,19)(H,20,21). The smallest absolute Gasteiger partial charge is 0.339 e. The summed E-state index contributed by atoms with van der Waals surface area (Å²) >= 11 is 2.69. The molecule has 0 fully saturated rings. The van der Waals surface area contributed by atoms with Crippen LogP contribution in [0, 0.1) is 6.92 Å². The number of hydrogen-bond donors (Lipinski definition) is 2. The third kappa shape index (κ3) is 3.18. The van der Waals surface area contributed by atoms with E-state index in [1.807, 2.05) is 36.6 Å². The molecule has 0 spiro atoms. The minimum atomic E-state index is -1.05. The highest BCUT2D eigenvalue weighted by atomic mass is 32.1. The van der Waals surface area contributed by atoms with Gasteiger partial charge in [0.1, 0.15) is 10.6 Å². The van der Waals surface area contributed by atoms with Crippen LogP contribution in [0.15, 0.2) is 47.2 Å². The Balaban J connectivity index is 1.93. The lowest BCUT2D eigenvalue weighted by atomic mass is 10.1. The highest BCUT2D eigenvalue weighted by molar-refractivity contribution is 7.17. The van der Waals surface area contributed by atoms with Gasteiger partial charge in [-0.2, -0.15) is 0 Å². The maximum atomic E-state index is 12.3. The topological polar surface area (TPSA) is 66.4 Å². The molecule has 116 valence electrons. The average Bonchev–Trinajstić information content (AvgIpc) is 3.16. The summed E-state index contributed by atoms with van der Waals surface area (Å²) in [5, 5.41) is 16.2. The summed E-state index contributed by atoms with van der Waals surface area (Å²) in [6, 6.07) is 10.9. The molecule has 0 aliphatic rings. The van der Waals surface area contributed by atoms with Crippen LogP contribution in [-0.4, -0.2) is 17.0 Å². The maximum absolute atomic E-state index is 12.3. The van der Waals surface area contributed by atoms with E-state index in [4.69, 9.17) is 0 Å². The van der Waals surface area contributed by atoms with E-state index in [9.17, 15) is 14.7 Å². The second-order valence-corrected chi connectivity index (χ2v) is 6.78. The van der Waals surface area contributed by atoms with E-state index in [0.717, 1.165) is 10.4 Å². The SMILES string of the molecule is Cc1ccc(C(=O)Nc2scc(-c3cccs3)c2C(=O)O)cc1. The fourth-order valence-corrected chi connectivity index (χ4v) is 3.93. The Morgan fingerprint density at radius 2 is 1.83 bits per heavy atom. The van der Waals surface area contributed by atoms with Gasteiger partial charge < -0.3 is 10.4 Å². The number of anilines is 1. The lowest BCUT2D eigenvalue weighted by Crippen LogP contribution is -2.13. The van der Waals surface area contributed by atoms with E-state index in [1.165, 1.54) is 22.7 Å². The van der Waals surface area contributed by atoms with E-state index >= 15 is 0 Å². The van der Waals surface area contributed by atoms with Crippen LogP contribution in [0.4, 0.5) is 5.00 Å². The summed E-state index contributed by atoms with van der Waals surface area (Å²) in [5.74, 6) is -1.36. The Morgan fingerprint density at radius 1 is 1.09 bits per heavy atom. The maximum Gasteiger partial charge on any atom is 0.339 e. The number of aromatic carboxylic acids is 1. The lowest BCUT2D eigenvalue weighted by Gasteiger charge is -2.05. The zero-order valence-corrected chi connectivity index (χ0v) is 13.8. The molecule has 2 aromatic heterocycles. The highest BCUT2D eigenvalue weighted by Gasteiger charge is 2.21. The number of amides is 1. The van der Waals surface area contributed by atoms with E-state index in [0.29, 0.717) is 16.1 Å². The molecule has 3 aromatic rings. The monoisotopic (exact) mass is 343 g/mol. The predicted molar refractivity (Wildman–Crippen MR) is 93.7 cm³/mol. The number of rotatable bonds is 4. The summed E-state index contributed by atoms with van der Waals surface area (Å²) in [6.07, 6.45) is 0. The van der Waals surface area contributed by atoms with E-state index in [2.05, 4.69) is 5.32 Å². The summed E-state index contributed by atoms with van der Waals surface area (Å²) in [4.78, 5) is 24.8. The Hall–Kier alpha value is -2.44. The Bertz CT molecular complexity index is 849. The molecule has 0 radical (unpaired) electrons. The molecule has 0 aliphatic carbocycles. The van der Waals surface area contributed by atoms with Crippen molar-refractivity contribution in [3.8, 4) is 10.4 Å². The number of carboxylic acids is 1. The summed E-state index contributed by atoms with van der Waals surface area (Å²) in [6.45, 7) is 1.94. The Kier molecular flexibility index (Phi) is 4.27. The zero-order valence-electron chi connectivity index (χ0n) is 12.2. The lowest BCUT2D eigenvalue weighted by molar-refractivity contribution is 0.0699. The second kappa shape index (κ2) is 6.36. The normalized spacial score (nSPS) is 10.5. The Morgan fingerprint density at radius 3 is 2.43 bits per heavy atom. The second-order valence-electron chi connectivity index (χ2n) is 4.96. The minimum Gasteiger partial charge on any atom is -0.478 e. The van der Waals surface area contributed by atoms with Crippen molar-refractivity contribution in [1.82, 2.24) is 0 Å². The molecule has 4 nitrogen and oxygen atoms in total. The molecule has 0 unspecified atom stereocenters. The van der Waals surface area contributed by atoms with Gasteiger partial charge in [-0.25, -0.2) is 4.79 Å². The van der Waals surface area contributed by atoms with Crippen molar-refractivity contribution in [3.05, 3.63) is 63.8 Å². The molecule has 6 heteroatoms. The molecule has 0 saturated heterocycles. The molecule has 0 atom stereocenters. The van der Waals surface area contributed by atoms with Crippen LogP contribution in [0.2, 0.25) is 0 Å². The average molecular weight is 343 g/mol. The van der Waals surface area contributed by atoms with E-state index < -0.39 is 5.97 Å². The number of carbonyl (C=O) groups excluding carboxylic acids is 1. The first-order chi connectivity index (χ1) is 11.1. The number of aryl methyl sites for hydroxylation is 1. The first-order valence-electron chi connectivity index (χ1n) is 6.83. The zero-order chi connectivity index (χ0) is 16.4. The van der Waals surface area contributed by atoms with Crippen LogP contribution in [-0.2, 0) is 0 Å². The van der Waals surface area contributed by atoms with Gasteiger partial charge in [0.15, 0.2) is 0 Å². The largest absolute Gasteiger partial charge is 0.478 e. The number of thiophene rings is 2. The number of nitrogens with one attached hydrogen (secondary N) is 1. The minimum absolute atomic E-state index is 0.137. The predicted octanol–water partition coefficient (Wildman–Crippen LogP) is 4.74. The molecular formula is C17H13NO3S2. The number of carboxylic acid groups (broad SMARTS) is 1. The van der Waals surface area contributed by atoms with Crippen LogP contribution in [0.25, 0.3) is 10.4 Å². The van der Waals surface area contributed by atoms with Gasteiger partial charge in [-0.1, -0.05) is 23.8 Å². The van der Waals surface area contributed by atoms with Crippen molar-refractivity contribution in [3.63, 3.8) is 0 Å². The first-order valence-corrected chi connectivity index (χ1v) is 8.59. The molecule has 0 aliphatic heterocycles. The van der Waals surface area contributed by atoms with Crippen molar-refractivity contribution >= 4 is 39.6 Å². The highest BCUT2D eigenvalue weighted by Crippen LogP contribution is 2.37. The summed E-state index contributed by atoms with van der Waals surface area (Å²) in [5.41, 5.74) is 2.33. The molecule has 23 heavy (non-hydrogen) atoms. The van der Waals surface area contributed by atoms with Gasteiger partial charge in [0.05, 0.1) is 0 Å². The molecular weight excluding hydrogens is 330 g/mol. The molecule has 0 saturated carbocycles. The van der Waals surface area contributed by atoms with Crippen LogP contribution in [0.3, 0.4) is 0 Å². The summed E-state index contributed by atoms with van der Waals surface area (Å²) in [7, 11) is 0. The van der Waals surface area contributed by atoms with Gasteiger partial charge in [-0.05, 0) is 30.5 Å². The van der Waals surface area contributed by atoms with Crippen molar-refractivity contribution in [1.29, 1.82) is 0 Å². The van der Waals surface area contributed by atoms with Crippen LogP contribution in [0.1, 0.15) is 26.3 Å². The molecule has 2 N–H and O–H groups in total. The fourth-order valence-electron chi connectivity index (χ4n) is 2.16. The van der Waals surface area contributed by atoms with E-state index in [-0.39, 0.29) is 11.5 Å². The number of benzene rings is 1. The van der Waals surface area contributed by atoms with Crippen molar-refractivity contribution < 1.29 is 14.7 Å². The van der Waals surface area contributed by atoms with Gasteiger partial charge in [-0.3, -0.25) is 4.79 Å². The number of hydrogen-bond acceptors (Lipinski definition) is 4. The van der Waals surface area contributed by atoms with Gasteiger partial charge in [0.25, 0.3) is 5.91 Å². The third-order valence-corrected chi connectivity index (χ3v) is 5.13. The molecule has 1 amide bonds. The molecule has 2 heterocycles. The fraction of sp³-hybridized carbons (Fsp3) is 0.0588. The summed E-state index contributed by atoms with van der Waals surface area (Å²) < 4.78 is 0. The van der Waals surface area contributed by atoms with Gasteiger partial charge in [-0.15, -0.1) is 22.7 Å². The van der Waals surface area contributed by atoms with Crippen LogP contribution in [0.5, 0.6) is 0 Å². The van der Waals surface area contributed by atoms with Gasteiger partial charge >= 0.3 is 5.97 Å². The quantitative estimate of drug-likeness (QED) is 0.719. The molecule has 3 rings (SSSR count). The first kappa shape index (κ1) is 15.5. The van der Waals surface area contributed by atoms with Crippen molar-refractivity contribution in [2.24, 2.45) is 0 Å². The van der Waals surface area contributed by atoms with Crippen LogP contribution >= 0.6 is 22.7 Å².